The Balaban J connectivity index is 3.06. The second-order valence-electron chi connectivity index (χ2n) is 10.6. The Morgan fingerprint density at radius 1 is 0.767 bits per heavy atom. The van der Waals surface area contributed by atoms with E-state index in [0.717, 1.165) is 0 Å². The van der Waals surface area contributed by atoms with Crippen molar-refractivity contribution < 1.29 is 44.1 Å². The van der Waals surface area contributed by atoms with Gasteiger partial charge in [-0.1, -0.05) is 44.2 Å². The van der Waals surface area contributed by atoms with E-state index < -0.39 is 78.8 Å². The van der Waals surface area contributed by atoms with Crippen LogP contribution in [0, 0.1) is 5.92 Å². The highest BCUT2D eigenvalue weighted by molar-refractivity contribution is 5.96. The minimum Gasteiger partial charge on any atom is -0.481 e. The molecule has 0 aliphatic rings. The Hall–Kier alpha value is -4.08. The van der Waals surface area contributed by atoms with Crippen LogP contribution in [0.15, 0.2) is 30.3 Å². The molecule has 15 nitrogen and oxygen atoms in total. The molecular formula is C28H44N6O9. The molecule has 0 radical (unpaired) electrons. The minimum atomic E-state index is -1.72. The molecule has 1 aromatic carbocycles. The maximum Gasteiger partial charge on any atom is 0.326 e. The SMILES string of the molecule is CC(C)C[C@H](N)C(=O)N[C@@H](Cc1ccccc1)C(=O)N[C@@H](CO)C(=O)N[C@@H](CC(=O)O)C(=O)N[C@@H](CCCCN)C(=O)O. The number of nitrogens with one attached hydrogen (secondary N) is 4. The van der Waals surface area contributed by atoms with E-state index in [1.165, 1.54) is 0 Å². The van der Waals surface area contributed by atoms with E-state index in [0.29, 0.717) is 31.4 Å². The molecule has 4 amide bonds. The summed E-state index contributed by atoms with van der Waals surface area (Å²) >= 11 is 0. The maximum absolute atomic E-state index is 13.2. The first kappa shape index (κ1) is 36.9. The number of benzene rings is 1. The van der Waals surface area contributed by atoms with E-state index >= 15 is 0 Å². The topological polar surface area (TPSA) is 263 Å². The van der Waals surface area contributed by atoms with Crippen LogP contribution in [0.25, 0.3) is 0 Å². The third-order valence-corrected chi connectivity index (χ3v) is 6.37. The van der Waals surface area contributed by atoms with Crippen LogP contribution in [0.2, 0.25) is 0 Å². The van der Waals surface area contributed by atoms with Gasteiger partial charge in [0, 0.05) is 6.42 Å². The second kappa shape index (κ2) is 19.2. The number of nitrogens with two attached hydrogens (primary N) is 2. The molecule has 43 heavy (non-hydrogen) atoms. The van der Waals surface area contributed by atoms with Gasteiger partial charge in [0.1, 0.15) is 24.2 Å². The van der Waals surface area contributed by atoms with Crippen molar-refractivity contribution in [3.8, 4) is 0 Å². The molecule has 0 unspecified atom stereocenters. The third kappa shape index (κ3) is 14.1. The van der Waals surface area contributed by atoms with Gasteiger partial charge in [0.05, 0.1) is 19.1 Å². The Bertz CT molecular complexity index is 1090. The lowest BCUT2D eigenvalue weighted by molar-refractivity contribution is -0.144. The molecule has 5 atom stereocenters. The molecule has 15 heteroatoms. The summed E-state index contributed by atoms with van der Waals surface area (Å²) in [4.78, 5) is 74.7. The molecule has 240 valence electrons. The van der Waals surface area contributed by atoms with Crippen LogP contribution >= 0.6 is 0 Å². The standard InChI is InChI=1S/C28H44N6O9/c1-16(2)12-18(30)24(38)32-20(13-17-8-4-3-5-9-17)25(39)34-22(15-35)27(41)33-21(14-23(36)37)26(40)31-19(28(42)43)10-6-7-11-29/h3-5,8-9,16,18-22,35H,6-7,10-15,29-30H2,1-2H3,(H,31,40)(H,32,38)(H,33,41)(H,34,39)(H,36,37)(H,42,43)/t18-,19-,20-,21-,22-/m0/s1. The summed E-state index contributed by atoms with van der Waals surface area (Å²) in [7, 11) is 0. The quantitative estimate of drug-likeness (QED) is 0.0747. The number of aliphatic carboxylic acids is 2. The summed E-state index contributed by atoms with van der Waals surface area (Å²) in [5, 5.41) is 37.8. The first-order chi connectivity index (χ1) is 20.3. The zero-order valence-electron chi connectivity index (χ0n) is 24.5. The molecule has 0 bridgehead atoms. The first-order valence-electron chi connectivity index (χ1n) is 14.0. The normalized spacial score (nSPS) is 14.5. The number of aliphatic hydroxyl groups excluding tert-OH is 1. The summed E-state index contributed by atoms with van der Waals surface area (Å²) in [5.74, 6) is -6.33. The van der Waals surface area contributed by atoms with Gasteiger partial charge in [-0.2, -0.15) is 0 Å². The molecule has 0 aromatic heterocycles. The minimum absolute atomic E-state index is 0.0245. The summed E-state index contributed by atoms with van der Waals surface area (Å²) in [6.07, 6.45) is 0.386. The van der Waals surface area contributed by atoms with Crippen LogP contribution in [0.3, 0.4) is 0 Å². The first-order valence-corrected chi connectivity index (χ1v) is 14.0. The van der Waals surface area contributed by atoms with E-state index in [9.17, 15) is 44.1 Å². The predicted octanol–water partition coefficient (Wildman–Crippen LogP) is -1.78. The number of carbonyl (C=O) groups is 6. The number of amides is 4. The molecule has 0 saturated carbocycles. The summed E-state index contributed by atoms with van der Waals surface area (Å²) in [6, 6.07) is 1.88. The van der Waals surface area contributed by atoms with Gasteiger partial charge in [-0.3, -0.25) is 24.0 Å². The smallest absolute Gasteiger partial charge is 0.326 e. The van der Waals surface area contributed by atoms with Crippen molar-refractivity contribution in [3.63, 3.8) is 0 Å². The highest BCUT2D eigenvalue weighted by Gasteiger charge is 2.32. The molecule has 0 aliphatic heterocycles. The van der Waals surface area contributed by atoms with E-state index in [2.05, 4.69) is 21.3 Å². The third-order valence-electron chi connectivity index (χ3n) is 6.37. The second-order valence-corrected chi connectivity index (χ2v) is 10.6. The lowest BCUT2D eigenvalue weighted by Crippen LogP contribution is -2.60. The Labute approximate surface area is 250 Å². The molecule has 11 N–H and O–H groups in total. The lowest BCUT2D eigenvalue weighted by Gasteiger charge is -2.25. The predicted molar refractivity (Wildman–Crippen MR) is 155 cm³/mol. The number of carboxylic acid groups (broad SMARTS) is 2. The number of hydrogen-bond donors (Lipinski definition) is 9. The summed E-state index contributed by atoms with van der Waals surface area (Å²) in [6.45, 7) is 3.14. The van der Waals surface area contributed by atoms with Crippen molar-refractivity contribution in [2.24, 2.45) is 17.4 Å². The van der Waals surface area contributed by atoms with Gasteiger partial charge in [-0.05, 0) is 43.7 Å². The number of hydrogen-bond acceptors (Lipinski definition) is 9. The van der Waals surface area contributed by atoms with Crippen LogP contribution in [0.4, 0.5) is 0 Å². The molecule has 0 heterocycles. The number of carboxylic acids is 2. The number of carbonyl (C=O) groups excluding carboxylic acids is 4. The van der Waals surface area contributed by atoms with Crippen molar-refractivity contribution in [2.75, 3.05) is 13.2 Å². The van der Waals surface area contributed by atoms with Crippen LogP contribution in [0.5, 0.6) is 0 Å². The van der Waals surface area contributed by atoms with Crippen LogP contribution < -0.4 is 32.7 Å². The van der Waals surface area contributed by atoms with Gasteiger partial charge >= 0.3 is 11.9 Å². The van der Waals surface area contributed by atoms with Gasteiger partial charge in [-0.25, -0.2) is 4.79 Å². The largest absolute Gasteiger partial charge is 0.481 e. The Morgan fingerprint density at radius 3 is 1.84 bits per heavy atom. The number of rotatable bonds is 20. The monoisotopic (exact) mass is 608 g/mol. The Kier molecular flexibility index (Phi) is 16.5. The van der Waals surface area contributed by atoms with E-state index in [1.807, 2.05) is 13.8 Å². The molecule has 1 rings (SSSR count). The van der Waals surface area contributed by atoms with Crippen molar-refractivity contribution in [1.29, 1.82) is 0 Å². The molecule has 0 saturated heterocycles. The molecule has 0 fully saturated rings. The number of unbranched alkanes of at least 4 members (excludes halogenated alkanes) is 1. The fourth-order valence-electron chi connectivity index (χ4n) is 4.10. The van der Waals surface area contributed by atoms with E-state index in [1.54, 1.807) is 30.3 Å². The highest BCUT2D eigenvalue weighted by atomic mass is 16.4. The lowest BCUT2D eigenvalue weighted by atomic mass is 10.0. The van der Waals surface area contributed by atoms with Crippen LogP contribution in [-0.2, 0) is 35.2 Å². The average Bonchev–Trinajstić information content (AvgIpc) is 2.94. The zero-order chi connectivity index (χ0) is 32.5. The maximum atomic E-state index is 13.2. The molecule has 1 aromatic rings. The molecular weight excluding hydrogens is 564 g/mol. The average molecular weight is 609 g/mol. The summed E-state index contributed by atoms with van der Waals surface area (Å²) < 4.78 is 0. The highest BCUT2D eigenvalue weighted by Crippen LogP contribution is 2.08. The summed E-state index contributed by atoms with van der Waals surface area (Å²) in [5.41, 5.74) is 12.1. The van der Waals surface area contributed by atoms with Gasteiger partial charge in [0.25, 0.3) is 0 Å². The Morgan fingerprint density at radius 2 is 1.30 bits per heavy atom. The van der Waals surface area contributed by atoms with Crippen molar-refractivity contribution in [1.82, 2.24) is 21.3 Å². The zero-order valence-corrected chi connectivity index (χ0v) is 24.5. The molecule has 0 spiro atoms. The van der Waals surface area contributed by atoms with Gasteiger partial charge < -0.3 is 48.1 Å². The fourth-order valence-corrected chi connectivity index (χ4v) is 4.10. The van der Waals surface area contributed by atoms with Crippen molar-refractivity contribution >= 4 is 35.6 Å². The van der Waals surface area contributed by atoms with E-state index in [-0.39, 0.29) is 18.8 Å². The van der Waals surface area contributed by atoms with Crippen LogP contribution in [-0.4, -0.2) is 94.2 Å². The van der Waals surface area contributed by atoms with Crippen molar-refractivity contribution in [2.45, 2.75) is 82.6 Å². The fraction of sp³-hybridized carbons (Fsp3) is 0.571. The number of aliphatic hydroxyl groups is 1. The van der Waals surface area contributed by atoms with Gasteiger partial charge in [0.2, 0.25) is 23.6 Å². The van der Waals surface area contributed by atoms with Gasteiger partial charge in [-0.15, -0.1) is 0 Å². The molecule has 0 aliphatic carbocycles. The van der Waals surface area contributed by atoms with Gasteiger partial charge in [0.15, 0.2) is 0 Å². The van der Waals surface area contributed by atoms with Crippen molar-refractivity contribution in [3.05, 3.63) is 35.9 Å². The van der Waals surface area contributed by atoms with E-state index in [4.69, 9.17) is 11.5 Å². The van der Waals surface area contributed by atoms with Crippen LogP contribution in [0.1, 0.15) is 51.5 Å².